The van der Waals surface area contributed by atoms with E-state index >= 15 is 0 Å². The maximum absolute atomic E-state index is 14.3. The number of nitrogens with zero attached hydrogens (tertiary/aromatic N) is 1. The molecule has 3 aromatic rings. The fourth-order valence-electron chi connectivity index (χ4n) is 2.57. The molecule has 0 fully saturated rings. The van der Waals surface area contributed by atoms with Gasteiger partial charge >= 0.3 is 6.36 Å². The lowest BCUT2D eigenvalue weighted by molar-refractivity contribution is -0.274. The molecule has 0 aliphatic rings. The van der Waals surface area contributed by atoms with Crippen LogP contribution in [0.3, 0.4) is 0 Å². The number of nitrogens with two attached hydrogens (primary N) is 1. The summed E-state index contributed by atoms with van der Waals surface area (Å²) in [6.07, 6.45) is -5.81. The smallest absolute Gasteiger partial charge is 0.478 e. The number of primary amides is 1. The first-order valence-corrected chi connectivity index (χ1v) is 9.22. The second-order valence-corrected chi connectivity index (χ2v) is 6.83. The van der Waals surface area contributed by atoms with Crippen molar-refractivity contribution in [1.82, 2.24) is 4.98 Å². The monoisotopic (exact) mass is 506 g/mol. The number of hydrogen-bond acceptors (Lipinski definition) is 5. The van der Waals surface area contributed by atoms with Gasteiger partial charge < -0.3 is 19.6 Å². The topological polar surface area (TPSA) is 87.6 Å². The van der Waals surface area contributed by atoms with Gasteiger partial charge in [-0.05, 0) is 59.3 Å². The van der Waals surface area contributed by atoms with Crippen LogP contribution in [0.25, 0.3) is 11.3 Å². The molecule has 0 saturated carbocycles. The third-order valence-corrected chi connectivity index (χ3v) is 4.45. The van der Waals surface area contributed by atoms with Crippen LogP contribution < -0.4 is 15.2 Å². The molecule has 12 heteroatoms. The minimum Gasteiger partial charge on any atom is -0.478 e. The van der Waals surface area contributed by atoms with Gasteiger partial charge in [0.2, 0.25) is 5.89 Å². The van der Waals surface area contributed by atoms with Gasteiger partial charge in [0.15, 0.2) is 22.3 Å². The molecule has 0 radical (unpaired) electrons. The number of oxazole rings is 1. The number of amides is 1. The van der Waals surface area contributed by atoms with Crippen LogP contribution >= 0.6 is 15.9 Å². The molecule has 1 aromatic heterocycles. The van der Waals surface area contributed by atoms with E-state index in [2.05, 4.69) is 25.7 Å². The third kappa shape index (κ3) is 5.13. The first-order chi connectivity index (χ1) is 14.5. The average Bonchev–Trinajstić information content (AvgIpc) is 3.05. The third-order valence-electron chi connectivity index (χ3n) is 3.92. The van der Waals surface area contributed by atoms with Gasteiger partial charge in [-0.15, -0.1) is 13.2 Å². The van der Waals surface area contributed by atoms with E-state index in [0.717, 1.165) is 24.3 Å². The largest absolute Gasteiger partial charge is 0.573 e. The highest BCUT2D eigenvalue weighted by Gasteiger charge is 2.31. The van der Waals surface area contributed by atoms with Gasteiger partial charge in [-0.1, -0.05) is 0 Å². The zero-order valence-electron chi connectivity index (χ0n) is 15.5. The summed E-state index contributed by atoms with van der Waals surface area (Å²) < 4.78 is 79.5. The number of alkyl halides is 3. The zero-order valence-corrected chi connectivity index (χ0v) is 17.1. The Kier molecular flexibility index (Phi) is 6.20. The van der Waals surface area contributed by atoms with Gasteiger partial charge in [0, 0.05) is 5.56 Å². The van der Waals surface area contributed by atoms with Crippen LogP contribution in [-0.2, 0) is 0 Å². The lowest BCUT2D eigenvalue weighted by atomic mass is 10.1. The van der Waals surface area contributed by atoms with Gasteiger partial charge in [0.05, 0.1) is 0 Å². The van der Waals surface area contributed by atoms with E-state index in [1.165, 1.54) is 19.1 Å². The number of halogens is 6. The Balaban J connectivity index is 1.82. The van der Waals surface area contributed by atoms with E-state index in [1.807, 2.05) is 0 Å². The van der Waals surface area contributed by atoms with Crippen LogP contribution in [0.2, 0.25) is 0 Å². The van der Waals surface area contributed by atoms with Crippen LogP contribution in [-0.4, -0.2) is 17.3 Å². The summed E-state index contributed by atoms with van der Waals surface area (Å²) in [5, 5.41) is 0. The quantitative estimate of drug-likeness (QED) is 0.444. The van der Waals surface area contributed by atoms with Gasteiger partial charge in [-0.2, -0.15) is 0 Å². The lowest BCUT2D eigenvalue weighted by Gasteiger charge is -2.13. The maximum Gasteiger partial charge on any atom is 0.573 e. The Bertz CT molecular complexity index is 1120. The van der Waals surface area contributed by atoms with E-state index in [-0.39, 0.29) is 16.3 Å². The molecule has 1 amide bonds. The summed E-state index contributed by atoms with van der Waals surface area (Å²) in [7, 11) is 0. The normalized spacial score (nSPS) is 12.5. The molecule has 2 N–H and O–H groups in total. The fourth-order valence-corrected chi connectivity index (χ4v) is 3.06. The molecule has 2 aromatic carbocycles. The molecule has 6 nitrogen and oxygen atoms in total. The van der Waals surface area contributed by atoms with E-state index < -0.39 is 47.1 Å². The highest BCUT2D eigenvalue weighted by molar-refractivity contribution is 9.10. The van der Waals surface area contributed by atoms with Crippen LogP contribution in [0.1, 0.15) is 29.3 Å². The Hall–Kier alpha value is -3.15. The average molecular weight is 507 g/mol. The number of carbonyl (C=O) groups excluding carboxylic acids is 1. The van der Waals surface area contributed by atoms with E-state index in [0.29, 0.717) is 5.56 Å². The second kappa shape index (κ2) is 8.53. The summed E-state index contributed by atoms with van der Waals surface area (Å²) in [6.45, 7) is 1.45. The molecular formula is C19H12BrF5N2O4. The minimum absolute atomic E-state index is 0.0261. The van der Waals surface area contributed by atoms with Crippen molar-refractivity contribution < 1.29 is 40.6 Å². The highest BCUT2D eigenvalue weighted by Crippen LogP contribution is 2.34. The van der Waals surface area contributed by atoms with Crippen molar-refractivity contribution in [3.63, 3.8) is 0 Å². The molecule has 0 aliphatic carbocycles. The molecule has 0 aliphatic heterocycles. The summed E-state index contributed by atoms with van der Waals surface area (Å²) in [6, 6.07) is 6.67. The first-order valence-electron chi connectivity index (χ1n) is 8.43. The number of rotatable bonds is 6. The summed E-state index contributed by atoms with van der Waals surface area (Å²) in [4.78, 5) is 15.4. The van der Waals surface area contributed by atoms with Crippen molar-refractivity contribution >= 4 is 21.8 Å². The van der Waals surface area contributed by atoms with Crippen LogP contribution in [0.4, 0.5) is 22.0 Å². The van der Waals surface area contributed by atoms with Gasteiger partial charge in [0.25, 0.3) is 5.91 Å². The van der Waals surface area contributed by atoms with Crippen LogP contribution in [0.15, 0.2) is 45.5 Å². The molecule has 0 bridgehead atoms. The zero-order chi connectivity index (χ0) is 22.9. The predicted molar refractivity (Wildman–Crippen MR) is 100 cm³/mol. The molecule has 0 spiro atoms. The molecule has 3 rings (SSSR count). The second-order valence-electron chi connectivity index (χ2n) is 6.11. The van der Waals surface area contributed by atoms with E-state index in [4.69, 9.17) is 14.9 Å². The lowest BCUT2D eigenvalue weighted by Crippen LogP contribution is -2.17. The first kappa shape index (κ1) is 22.5. The van der Waals surface area contributed by atoms with E-state index in [1.54, 1.807) is 0 Å². The Morgan fingerprint density at radius 1 is 1.16 bits per heavy atom. The van der Waals surface area contributed by atoms with Crippen molar-refractivity contribution in [3.8, 4) is 22.8 Å². The summed E-state index contributed by atoms with van der Waals surface area (Å²) in [5.41, 5.74) is 4.66. The number of hydrogen-bond donors (Lipinski definition) is 1. The number of carbonyl (C=O) groups is 1. The van der Waals surface area contributed by atoms with Gasteiger partial charge in [0.1, 0.15) is 22.8 Å². The molecule has 31 heavy (non-hydrogen) atoms. The van der Waals surface area contributed by atoms with E-state index in [9.17, 15) is 26.7 Å². The number of benzene rings is 2. The van der Waals surface area contributed by atoms with Crippen LogP contribution in [0.5, 0.6) is 11.5 Å². The number of aromatic nitrogens is 1. The minimum atomic E-state index is -4.82. The SMILES string of the molecule is CC(Oc1ccc(F)c(C(N)=O)c1F)c1nc(-c2ccc(OC(F)(F)F)cc2)c(Br)o1. The highest BCUT2D eigenvalue weighted by atomic mass is 79.9. The number of ether oxygens (including phenoxy) is 2. The predicted octanol–water partition coefficient (Wildman–Crippen LogP) is 5.52. The molecule has 164 valence electrons. The van der Waals surface area contributed by atoms with Crippen LogP contribution in [0, 0.1) is 11.6 Å². The maximum atomic E-state index is 14.3. The summed E-state index contributed by atoms with van der Waals surface area (Å²) >= 11 is 3.15. The molecule has 1 atom stereocenters. The van der Waals surface area contributed by atoms with Crippen molar-refractivity contribution in [3.05, 3.63) is 64.2 Å². The molecule has 0 saturated heterocycles. The molecule has 1 unspecified atom stereocenters. The van der Waals surface area contributed by atoms with Crippen molar-refractivity contribution in [2.75, 3.05) is 0 Å². The van der Waals surface area contributed by atoms with Crippen molar-refractivity contribution in [2.24, 2.45) is 5.73 Å². The van der Waals surface area contributed by atoms with Crippen molar-refractivity contribution in [2.45, 2.75) is 19.4 Å². The fraction of sp³-hybridized carbons (Fsp3) is 0.158. The Morgan fingerprint density at radius 3 is 2.39 bits per heavy atom. The Morgan fingerprint density at radius 2 is 1.81 bits per heavy atom. The molecular weight excluding hydrogens is 495 g/mol. The summed E-state index contributed by atoms with van der Waals surface area (Å²) in [5.74, 6) is -4.60. The molecule has 1 heterocycles. The van der Waals surface area contributed by atoms with Crippen molar-refractivity contribution in [1.29, 1.82) is 0 Å². The standard InChI is InChI=1S/C19H12BrF5N2O4/c1-8(29-12-7-6-11(21)13(14(12)22)17(26)28)18-27-15(16(20)30-18)9-2-4-10(5-3-9)31-19(23,24)25/h2-8H,1H3,(H2,26,28). The van der Waals surface area contributed by atoms with Gasteiger partial charge in [-0.25, -0.2) is 13.8 Å². The Labute approximate surface area is 179 Å². The van der Waals surface area contributed by atoms with Gasteiger partial charge in [-0.3, -0.25) is 4.79 Å².